The first-order valence-corrected chi connectivity index (χ1v) is 12.1. The van der Waals surface area contributed by atoms with E-state index in [1.165, 1.54) is 0 Å². The van der Waals surface area contributed by atoms with Crippen LogP contribution in [-0.2, 0) is 22.6 Å². The molecule has 0 radical (unpaired) electrons. The van der Waals surface area contributed by atoms with E-state index in [-0.39, 0.29) is 18.3 Å². The molecule has 1 aliphatic heterocycles. The number of esters is 1. The molecule has 0 fully saturated rings. The van der Waals surface area contributed by atoms with Crippen molar-refractivity contribution in [3.63, 3.8) is 0 Å². The van der Waals surface area contributed by atoms with E-state index in [4.69, 9.17) is 15.6 Å². The molecule has 8 heteroatoms. The van der Waals surface area contributed by atoms with E-state index >= 15 is 0 Å². The van der Waals surface area contributed by atoms with E-state index in [1.54, 1.807) is 35.6 Å². The molecule has 7 nitrogen and oxygen atoms in total. The molecule has 0 spiro atoms. The van der Waals surface area contributed by atoms with Gasteiger partial charge in [-0.25, -0.2) is 4.79 Å². The second-order valence-corrected chi connectivity index (χ2v) is 9.58. The van der Waals surface area contributed by atoms with E-state index in [0.717, 1.165) is 26.4 Å². The third-order valence-corrected chi connectivity index (χ3v) is 7.15. The summed E-state index contributed by atoms with van der Waals surface area (Å²) in [7, 11) is 0. The van der Waals surface area contributed by atoms with Gasteiger partial charge in [0.2, 0.25) is 0 Å². The number of hydrogen-bond acceptors (Lipinski definition) is 6. The van der Waals surface area contributed by atoms with Gasteiger partial charge in [0.25, 0.3) is 5.91 Å². The Hall–Kier alpha value is -4.27. The molecule has 1 amide bonds. The molecule has 0 aliphatic carbocycles. The van der Waals surface area contributed by atoms with Gasteiger partial charge < -0.3 is 20.9 Å². The SMILES string of the molecule is NC(Cc1cccc(C(=O)Nc2ccc(-c3ccc(-c4ccc5c(c4)COC5=O)s3)cc2)c1)C(=O)O. The van der Waals surface area contributed by atoms with Gasteiger partial charge >= 0.3 is 11.9 Å². The number of fused-ring (bicyclic) bond motifs is 1. The summed E-state index contributed by atoms with van der Waals surface area (Å²) in [5, 5.41) is 11.9. The van der Waals surface area contributed by atoms with Crippen LogP contribution in [0.2, 0.25) is 0 Å². The number of cyclic esters (lactones) is 1. The highest BCUT2D eigenvalue weighted by Crippen LogP contribution is 2.36. The van der Waals surface area contributed by atoms with Crippen molar-refractivity contribution in [2.24, 2.45) is 5.73 Å². The number of benzene rings is 3. The Kier molecular flexibility index (Phi) is 6.37. The highest BCUT2D eigenvalue weighted by Gasteiger charge is 2.21. The number of amides is 1. The van der Waals surface area contributed by atoms with Gasteiger partial charge in [0.15, 0.2) is 0 Å². The van der Waals surface area contributed by atoms with Crippen LogP contribution in [0.5, 0.6) is 0 Å². The summed E-state index contributed by atoms with van der Waals surface area (Å²) in [5.41, 5.74) is 11.0. The monoisotopic (exact) mass is 498 g/mol. The van der Waals surface area contributed by atoms with Crippen LogP contribution in [0, 0.1) is 0 Å². The molecule has 0 saturated heterocycles. The van der Waals surface area contributed by atoms with Gasteiger partial charge in [0, 0.05) is 26.6 Å². The average Bonchev–Trinajstić information content (AvgIpc) is 3.52. The third-order valence-electron chi connectivity index (χ3n) is 5.96. The Morgan fingerprint density at radius 1 is 0.972 bits per heavy atom. The fraction of sp³-hybridized carbons (Fsp3) is 0.107. The summed E-state index contributed by atoms with van der Waals surface area (Å²) in [6.45, 7) is 0.313. The lowest BCUT2D eigenvalue weighted by Gasteiger charge is -2.09. The molecule has 5 rings (SSSR count). The van der Waals surface area contributed by atoms with Crippen LogP contribution >= 0.6 is 11.3 Å². The van der Waals surface area contributed by atoms with Gasteiger partial charge in [-0.2, -0.15) is 0 Å². The highest BCUT2D eigenvalue weighted by atomic mass is 32.1. The first-order chi connectivity index (χ1) is 17.4. The molecule has 36 heavy (non-hydrogen) atoms. The largest absolute Gasteiger partial charge is 0.480 e. The standard InChI is InChI=1S/C28H22N2O5S/c29-23(27(32)33)13-16-2-1-3-19(12-16)26(31)30-21-7-4-17(5-8-21)24-10-11-25(36-24)18-6-9-22-20(14-18)15-35-28(22)34/h1-12,14,23H,13,15,29H2,(H,30,31)(H,32,33). The van der Waals surface area contributed by atoms with Crippen molar-refractivity contribution < 1.29 is 24.2 Å². The van der Waals surface area contributed by atoms with Crippen molar-refractivity contribution in [2.75, 3.05) is 5.32 Å². The zero-order chi connectivity index (χ0) is 25.2. The molecule has 4 N–H and O–H groups in total. The minimum atomic E-state index is -1.08. The number of carbonyl (C=O) groups excluding carboxylic acids is 2. The molecule has 1 aliphatic rings. The zero-order valence-corrected chi connectivity index (χ0v) is 19.9. The number of carbonyl (C=O) groups is 3. The molecular formula is C28H22N2O5S. The fourth-order valence-corrected chi connectivity index (χ4v) is 5.04. The first-order valence-electron chi connectivity index (χ1n) is 11.3. The van der Waals surface area contributed by atoms with Gasteiger partial charge in [0.1, 0.15) is 12.6 Å². The van der Waals surface area contributed by atoms with Crippen LogP contribution in [0.4, 0.5) is 5.69 Å². The highest BCUT2D eigenvalue weighted by molar-refractivity contribution is 7.18. The maximum atomic E-state index is 12.7. The third kappa shape index (κ3) is 4.91. The number of thiophene rings is 1. The quantitative estimate of drug-likeness (QED) is 0.310. The maximum absolute atomic E-state index is 12.7. The lowest BCUT2D eigenvalue weighted by Crippen LogP contribution is -2.32. The smallest absolute Gasteiger partial charge is 0.338 e. The van der Waals surface area contributed by atoms with Crippen molar-refractivity contribution in [3.05, 3.63) is 101 Å². The Morgan fingerprint density at radius 3 is 2.44 bits per heavy atom. The molecule has 3 aromatic carbocycles. The number of carboxylic acid groups (broad SMARTS) is 1. The molecule has 0 bridgehead atoms. The van der Waals surface area contributed by atoms with Crippen LogP contribution in [0.1, 0.15) is 31.8 Å². The Bertz CT molecular complexity index is 1480. The second kappa shape index (κ2) is 9.77. The van der Waals surface area contributed by atoms with Crippen LogP contribution in [0.15, 0.2) is 78.9 Å². The lowest BCUT2D eigenvalue weighted by atomic mass is 10.0. The molecule has 1 unspecified atom stereocenters. The average molecular weight is 499 g/mol. The lowest BCUT2D eigenvalue weighted by molar-refractivity contribution is -0.138. The normalized spacial score (nSPS) is 13.1. The number of nitrogens with two attached hydrogens (primary N) is 1. The molecule has 1 atom stereocenters. The Morgan fingerprint density at radius 2 is 1.69 bits per heavy atom. The summed E-state index contributed by atoms with van der Waals surface area (Å²) in [5.74, 6) is -1.64. The van der Waals surface area contributed by atoms with Gasteiger partial charge in [-0.15, -0.1) is 11.3 Å². The van der Waals surface area contributed by atoms with Crippen LogP contribution in [0.3, 0.4) is 0 Å². The van der Waals surface area contributed by atoms with Gasteiger partial charge in [-0.05, 0) is 71.6 Å². The van der Waals surface area contributed by atoms with Crippen molar-refractivity contribution in [1.29, 1.82) is 0 Å². The minimum absolute atomic E-state index is 0.144. The van der Waals surface area contributed by atoms with Crippen molar-refractivity contribution in [2.45, 2.75) is 19.1 Å². The Balaban J connectivity index is 1.26. The second-order valence-electron chi connectivity index (χ2n) is 8.49. The van der Waals surface area contributed by atoms with Crippen molar-refractivity contribution in [3.8, 4) is 20.9 Å². The number of nitrogens with one attached hydrogen (secondary N) is 1. The number of hydrogen-bond donors (Lipinski definition) is 3. The molecular weight excluding hydrogens is 476 g/mol. The first kappa shape index (κ1) is 23.5. The minimum Gasteiger partial charge on any atom is -0.480 e. The molecule has 4 aromatic rings. The number of aliphatic carboxylic acids is 1. The topological polar surface area (TPSA) is 119 Å². The van der Waals surface area contributed by atoms with Crippen molar-refractivity contribution >= 4 is 34.9 Å². The van der Waals surface area contributed by atoms with E-state index in [1.807, 2.05) is 42.5 Å². The van der Waals surface area contributed by atoms with E-state index in [0.29, 0.717) is 29.0 Å². The van der Waals surface area contributed by atoms with E-state index in [9.17, 15) is 14.4 Å². The van der Waals surface area contributed by atoms with Gasteiger partial charge in [0.05, 0.1) is 5.56 Å². The predicted molar refractivity (Wildman–Crippen MR) is 138 cm³/mol. The fourth-order valence-electron chi connectivity index (χ4n) is 4.04. The van der Waals surface area contributed by atoms with Crippen molar-refractivity contribution in [1.82, 2.24) is 0 Å². The number of ether oxygens (including phenoxy) is 1. The number of anilines is 1. The summed E-state index contributed by atoms with van der Waals surface area (Å²) in [6.07, 6.45) is 0.144. The summed E-state index contributed by atoms with van der Waals surface area (Å²) in [6, 6.07) is 23.2. The van der Waals surface area contributed by atoms with Crippen LogP contribution in [-0.4, -0.2) is 29.0 Å². The van der Waals surface area contributed by atoms with Gasteiger partial charge in [-0.1, -0.05) is 30.3 Å². The molecule has 2 heterocycles. The van der Waals surface area contributed by atoms with Gasteiger partial charge in [-0.3, -0.25) is 9.59 Å². The number of rotatable bonds is 7. The maximum Gasteiger partial charge on any atom is 0.338 e. The summed E-state index contributed by atoms with van der Waals surface area (Å²) >= 11 is 1.65. The predicted octanol–water partition coefficient (Wildman–Crippen LogP) is 4.96. The van der Waals surface area contributed by atoms with E-state index < -0.39 is 12.0 Å². The summed E-state index contributed by atoms with van der Waals surface area (Å²) < 4.78 is 5.09. The molecule has 1 aromatic heterocycles. The summed E-state index contributed by atoms with van der Waals surface area (Å²) in [4.78, 5) is 37.6. The zero-order valence-electron chi connectivity index (χ0n) is 19.1. The molecule has 180 valence electrons. The molecule has 0 saturated carbocycles. The number of carboxylic acids is 1. The van der Waals surface area contributed by atoms with Crippen LogP contribution in [0.25, 0.3) is 20.9 Å². The van der Waals surface area contributed by atoms with E-state index in [2.05, 4.69) is 17.4 Å². The van der Waals surface area contributed by atoms with Crippen LogP contribution < -0.4 is 11.1 Å². The Labute approximate surface area is 211 Å².